The number of aryl methyl sites for hydroxylation is 1. The highest BCUT2D eigenvalue weighted by molar-refractivity contribution is 5.95. The van der Waals surface area contributed by atoms with E-state index in [0.717, 1.165) is 24.3 Å². The summed E-state index contributed by atoms with van der Waals surface area (Å²) in [5.74, 6) is 0.325. The SMILES string of the molecule is Cc1ccc2oc(C(=O)N3CCNC[C@@H]3C)cc2n1. The van der Waals surface area contributed by atoms with Gasteiger partial charge in [-0.2, -0.15) is 0 Å². The summed E-state index contributed by atoms with van der Waals surface area (Å²) in [4.78, 5) is 18.7. The van der Waals surface area contributed by atoms with Gasteiger partial charge in [0.1, 0.15) is 5.52 Å². The zero-order chi connectivity index (χ0) is 13.4. The number of pyridine rings is 1. The Kier molecular flexibility index (Phi) is 2.98. The van der Waals surface area contributed by atoms with Crippen LogP contribution in [-0.2, 0) is 0 Å². The van der Waals surface area contributed by atoms with Crippen LogP contribution in [0.5, 0.6) is 0 Å². The normalized spacial score (nSPS) is 19.9. The first kappa shape index (κ1) is 12.2. The van der Waals surface area contributed by atoms with Gasteiger partial charge < -0.3 is 14.6 Å². The largest absolute Gasteiger partial charge is 0.449 e. The molecule has 0 radical (unpaired) electrons. The van der Waals surface area contributed by atoms with Crippen molar-refractivity contribution < 1.29 is 9.21 Å². The second-order valence-corrected chi connectivity index (χ2v) is 5.00. The number of rotatable bonds is 1. The smallest absolute Gasteiger partial charge is 0.289 e. The van der Waals surface area contributed by atoms with E-state index in [-0.39, 0.29) is 11.9 Å². The highest BCUT2D eigenvalue weighted by Gasteiger charge is 2.26. The zero-order valence-corrected chi connectivity index (χ0v) is 11.1. The number of hydrogen-bond acceptors (Lipinski definition) is 4. The summed E-state index contributed by atoms with van der Waals surface area (Å²) in [7, 11) is 0. The molecule has 1 fully saturated rings. The third-order valence-corrected chi connectivity index (χ3v) is 3.49. The van der Waals surface area contributed by atoms with Crippen LogP contribution < -0.4 is 5.32 Å². The summed E-state index contributed by atoms with van der Waals surface area (Å²) >= 11 is 0. The van der Waals surface area contributed by atoms with Crippen LogP contribution in [0.25, 0.3) is 11.1 Å². The second-order valence-electron chi connectivity index (χ2n) is 5.00. The first-order valence-corrected chi connectivity index (χ1v) is 6.54. The molecule has 1 N–H and O–H groups in total. The Bertz CT molecular complexity index is 620. The molecular weight excluding hydrogens is 242 g/mol. The number of furan rings is 1. The molecular formula is C14H17N3O2. The van der Waals surface area contributed by atoms with Gasteiger partial charge in [0.15, 0.2) is 11.3 Å². The monoisotopic (exact) mass is 259 g/mol. The van der Waals surface area contributed by atoms with Crippen molar-refractivity contribution in [3.8, 4) is 0 Å². The van der Waals surface area contributed by atoms with Crippen molar-refractivity contribution in [3.63, 3.8) is 0 Å². The number of nitrogens with one attached hydrogen (secondary N) is 1. The number of carbonyl (C=O) groups excluding carboxylic acids is 1. The molecule has 0 aromatic carbocycles. The maximum Gasteiger partial charge on any atom is 0.289 e. The summed E-state index contributed by atoms with van der Waals surface area (Å²) in [5, 5.41) is 3.27. The van der Waals surface area contributed by atoms with Crippen LogP contribution in [-0.4, -0.2) is 41.5 Å². The molecule has 0 bridgehead atoms. The maximum absolute atomic E-state index is 12.4. The fourth-order valence-corrected chi connectivity index (χ4v) is 2.42. The third-order valence-electron chi connectivity index (χ3n) is 3.49. The van der Waals surface area contributed by atoms with Gasteiger partial charge in [0.2, 0.25) is 0 Å². The Balaban J connectivity index is 1.92. The average Bonchev–Trinajstić information content (AvgIpc) is 2.81. The maximum atomic E-state index is 12.4. The van der Waals surface area contributed by atoms with Crippen molar-refractivity contribution in [2.75, 3.05) is 19.6 Å². The van der Waals surface area contributed by atoms with E-state index in [2.05, 4.69) is 10.3 Å². The van der Waals surface area contributed by atoms with Crippen molar-refractivity contribution in [2.45, 2.75) is 19.9 Å². The van der Waals surface area contributed by atoms with Gasteiger partial charge >= 0.3 is 0 Å². The average molecular weight is 259 g/mol. The van der Waals surface area contributed by atoms with Crippen LogP contribution in [0.4, 0.5) is 0 Å². The van der Waals surface area contributed by atoms with Gasteiger partial charge in [-0.3, -0.25) is 4.79 Å². The van der Waals surface area contributed by atoms with Crippen LogP contribution in [0.15, 0.2) is 22.6 Å². The van der Waals surface area contributed by atoms with Gasteiger partial charge in [0, 0.05) is 37.4 Å². The van der Waals surface area contributed by atoms with Gasteiger partial charge in [-0.1, -0.05) is 0 Å². The van der Waals surface area contributed by atoms with Crippen LogP contribution in [0, 0.1) is 6.92 Å². The van der Waals surface area contributed by atoms with Gasteiger partial charge in [-0.25, -0.2) is 4.98 Å². The van der Waals surface area contributed by atoms with E-state index in [1.807, 2.05) is 30.9 Å². The molecule has 1 aliphatic rings. The van der Waals surface area contributed by atoms with Crippen molar-refractivity contribution >= 4 is 17.0 Å². The lowest BCUT2D eigenvalue weighted by molar-refractivity contribution is 0.0625. The third kappa shape index (κ3) is 2.21. The number of aromatic nitrogens is 1. The first-order valence-electron chi connectivity index (χ1n) is 6.54. The summed E-state index contributed by atoms with van der Waals surface area (Å²) in [6.07, 6.45) is 0. The number of piperazine rings is 1. The molecule has 3 rings (SSSR count). The van der Waals surface area contributed by atoms with Crippen molar-refractivity contribution in [2.24, 2.45) is 0 Å². The Morgan fingerprint density at radius 3 is 3.16 bits per heavy atom. The molecule has 19 heavy (non-hydrogen) atoms. The van der Waals surface area contributed by atoms with E-state index in [9.17, 15) is 4.79 Å². The molecule has 0 unspecified atom stereocenters. The van der Waals surface area contributed by atoms with E-state index in [4.69, 9.17) is 4.42 Å². The molecule has 1 amide bonds. The molecule has 0 aliphatic carbocycles. The van der Waals surface area contributed by atoms with Crippen LogP contribution in [0.2, 0.25) is 0 Å². The Morgan fingerprint density at radius 2 is 2.37 bits per heavy atom. The molecule has 5 nitrogen and oxygen atoms in total. The minimum Gasteiger partial charge on any atom is -0.449 e. The van der Waals surface area contributed by atoms with E-state index in [0.29, 0.717) is 17.9 Å². The van der Waals surface area contributed by atoms with E-state index >= 15 is 0 Å². The minimum atomic E-state index is -0.0512. The number of hydrogen-bond donors (Lipinski definition) is 1. The topological polar surface area (TPSA) is 58.4 Å². The Morgan fingerprint density at radius 1 is 1.53 bits per heavy atom. The molecule has 100 valence electrons. The van der Waals surface area contributed by atoms with Crippen molar-refractivity contribution in [1.29, 1.82) is 0 Å². The van der Waals surface area contributed by atoms with E-state index in [1.54, 1.807) is 6.07 Å². The lowest BCUT2D eigenvalue weighted by Crippen LogP contribution is -2.52. The molecule has 1 aliphatic heterocycles. The summed E-state index contributed by atoms with van der Waals surface area (Å²) in [6, 6.07) is 5.66. The van der Waals surface area contributed by atoms with Gasteiger partial charge in [0.05, 0.1) is 0 Å². The van der Waals surface area contributed by atoms with Crippen LogP contribution in [0.1, 0.15) is 23.2 Å². The molecule has 0 spiro atoms. The van der Waals surface area contributed by atoms with E-state index in [1.165, 1.54) is 0 Å². The molecule has 1 saturated heterocycles. The van der Waals surface area contributed by atoms with Crippen molar-refractivity contribution in [3.05, 3.63) is 29.7 Å². The van der Waals surface area contributed by atoms with Gasteiger partial charge in [-0.15, -0.1) is 0 Å². The van der Waals surface area contributed by atoms with Crippen LogP contribution in [0.3, 0.4) is 0 Å². The lowest BCUT2D eigenvalue weighted by atomic mass is 10.2. The highest BCUT2D eigenvalue weighted by Crippen LogP contribution is 2.20. The molecule has 0 saturated carbocycles. The molecule has 5 heteroatoms. The summed E-state index contributed by atoms with van der Waals surface area (Å²) in [5.41, 5.74) is 2.32. The first-order chi connectivity index (χ1) is 9.15. The quantitative estimate of drug-likeness (QED) is 0.844. The molecule has 2 aromatic rings. The highest BCUT2D eigenvalue weighted by atomic mass is 16.3. The standard InChI is InChI=1S/C14H17N3O2/c1-9-3-4-12-11(16-9)7-13(19-12)14(18)17-6-5-15-8-10(17)2/h3-4,7,10,15H,5-6,8H2,1-2H3/t10-/m0/s1. The van der Waals surface area contributed by atoms with Crippen molar-refractivity contribution in [1.82, 2.24) is 15.2 Å². The Labute approximate surface area is 111 Å². The Hall–Kier alpha value is -1.88. The number of fused-ring (bicyclic) bond motifs is 1. The molecule has 3 heterocycles. The predicted molar refractivity (Wildman–Crippen MR) is 72.1 cm³/mol. The number of amides is 1. The lowest BCUT2D eigenvalue weighted by Gasteiger charge is -2.33. The molecule has 1 atom stereocenters. The van der Waals surface area contributed by atoms with Crippen LogP contribution >= 0.6 is 0 Å². The van der Waals surface area contributed by atoms with Gasteiger partial charge in [0.25, 0.3) is 5.91 Å². The fraction of sp³-hybridized carbons (Fsp3) is 0.429. The molecule has 2 aromatic heterocycles. The predicted octanol–water partition coefficient (Wildman–Crippen LogP) is 1.57. The minimum absolute atomic E-state index is 0.0512. The zero-order valence-electron chi connectivity index (χ0n) is 11.1. The van der Waals surface area contributed by atoms with Gasteiger partial charge in [-0.05, 0) is 26.0 Å². The number of nitrogens with zero attached hydrogens (tertiary/aromatic N) is 2. The number of carbonyl (C=O) groups is 1. The summed E-state index contributed by atoms with van der Waals surface area (Å²) < 4.78 is 5.61. The van der Waals surface area contributed by atoms with E-state index < -0.39 is 0 Å². The summed E-state index contributed by atoms with van der Waals surface area (Å²) in [6.45, 7) is 6.32. The fourth-order valence-electron chi connectivity index (χ4n) is 2.42. The second kappa shape index (κ2) is 4.66.